The zero-order chi connectivity index (χ0) is 49.3. The van der Waals surface area contributed by atoms with Crippen molar-refractivity contribution < 1.29 is 4.74 Å². The van der Waals surface area contributed by atoms with Crippen molar-refractivity contribution in [2.24, 2.45) is 0 Å². The Labute approximate surface area is 424 Å². The van der Waals surface area contributed by atoms with Gasteiger partial charge < -0.3 is 4.74 Å². The second kappa shape index (κ2) is 18.7. The minimum absolute atomic E-state index is 0.579. The van der Waals surface area contributed by atoms with Crippen molar-refractivity contribution >= 4 is 0 Å². The van der Waals surface area contributed by atoms with Crippen LogP contribution >= 0.6 is 0 Å². The number of rotatable bonds is 10. The Hall–Kier alpha value is -10.4. The molecular weight excluding hydrogens is 917 g/mol. The van der Waals surface area contributed by atoms with E-state index in [2.05, 4.69) is 181 Å². The van der Waals surface area contributed by atoms with E-state index in [0.29, 0.717) is 23.3 Å². The third-order valence-corrected chi connectivity index (χ3v) is 13.3. The first-order chi connectivity index (χ1) is 36.6. The molecule has 13 rings (SSSR count). The molecule has 0 spiro atoms. The Morgan fingerprint density at radius 1 is 0.243 bits per heavy atom. The minimum atomic E-state index is -1.00. The summed E-state index contributed by atoms with van der Waals surface area (Å²) in [4.78, 5) is 52.5. The van der Waals surface area contributed by atoms with Crippen LogP contribution in [0, 0.1) is 0 Å². The number of para-hydroxylation sites is 2. The van der Waals surface area contributed by atoms with E-state index in [0.717, 1.165) is 101 Å². The Kier molecular flexibility index (Phi) is 11.0. The van der Waals surface area contributed by atoms with Crippen LogP contribution in [0.5, 0.6) is 11.5 Å². The number of nitrogens with zero attached hydrogens (tertiary/aromatic N) is 12. The molecule has 0 bridgehead atoms. The van der Waals surface area contributed by atoms with Crippen LogP contribution in [0.1, 0.15) is 22.3 Å². The van der Waals surface area contributed by atoms with Crippen molar-refractivity contribution in [2.75, 3.05) is 0 Å². The van der Waals surface area contributed by atoms with Gasteiger partial charge in [-0.05, 0) is 128 Å². The molecule has 0 fully saturated rings. The molecule has 0 amide bonds. The van der Waals surface area contributed by atoms with Gasteiger partial charge >= 0.3 is 0 Å². The van der Waals surface area contributed by atoms with Crippen molar-refractivity contribution in [1.82, 2.24) is 59.8 Å². The smallest absolute Gasteiger partial charge is 0.162 e. The minimum Gasteiger partial charge on any atom is -0.457 e. The summed E-state index contributed by atoms with van der Waals surface area (Å²) in [5, 5.41) is 0. The Bertz CT molecular complexity index is 3550. The van der Waals surface area contributed by atoms with Crippen LogP contribution in [0.3, 0.4) is 0 Å². The van der Waals surface area contributed by atoms with Crippen LogP contribution in [0.15, 0.2) is 233 Å². The van der Waals surface area contributed by atoms with Gasteiger partial charge in [0.25, 0.3) is 0 Å². The molecule has 12 aromatic rings. The molecule has 0 saturated heterocycles. The molecule has 13 heteroatoms. The van der Waals surface area contributed by atoms with Gasteiger partial charge in [0.1, 0.15) is 62.1 Å². The first-order valence-electron chi connectivity index (χ1n) is 23.7. The lowest BCUT2D eigenvalue weighted by molar-refractivity contribution is 0.434. The lowest BCUT2D eigenvalue weighted by atomic mass is 9.62. The number of aromatic nitrogens is 12. The van der Waals surface area contributed by atoms with Crippen LogP contribution in [0.2, 0.25) is 0 Å². The highest BCUT2D eigenvalue weighted by Gasteiger charge is 2.46. The van der Waals surface area contributed by atoms with E-state index in [1.807, 2.05) is 60.7 Å². The third-order valence-electron chi connectivity index (χ3n) is 13.3. The van der Waals surface area contributed by atoms with Crippen molar-refractivity contribution in [3.63, 3.8) is 0 Å². The predicted octanol–water partition coefficient (Wildman–Crippen LogP) is 12.3. The van der Waals surface area contributed by atoms with Crippen LogP contribution in [-0.4, -0.2) is 59.8 Å². The summed E-state index contributed by atoms with van der Waals surface area (Å²) in [7, 11) is 0. The molecule has 13 nitrogen and oxygen atoms in total. The van der Waals surface area contributed by atoms with Crippen molar-refractivity contribution in [3.8, 4) is 102 Å². The first-order valence-corrected chi connectivity index (χ1v) is 23.7. The maximum atomic E-state index is 6.92. The molecule has 0 radical (unpaired) electrons. The zero-order valence-corrected chi connectivity index (χ0v) is 39.2. The molecule has 74 heavy (non-hydrogen) atoms. The molecule has 5 heterocycles. The van der Waals surface area contributed by atoms with E-state index in [1.54, 1.807) is 0 Å². The highest BCUT2D eigenvalue weighted by Crippen LogP contribution is 2.57. The Balaban J connectivity index is 1.13. The second-order valence-corrected chi connectivity index (χ2v) is 17.6. The van der Waals surface area contributed by atoms with Crippen molar-refractivity contribution in [3.05, 3.63) is 255 Å². The fourth-order valence-electron chi connectivity index (χ4n) is 10.0. The lowest BCUT2D eigenvalue weighted by Crippen LogP contribution is -2.34. The van der Waals surface area contributed by atoms with Crippen LogP contribution < -0.4 is 4.74 Å². The molecule has 0 saturated carbocycles. The number of benzene rings is 8. The van der Waals surface area contributed by atoms with Crippen molar-refractivity contribution in [1.29, 1.82) is 0 Å². The maximum absolute atomic E-state index is 6.92. The molecule has 1 aliphatic heterocycles. The molecule has 4 aromatic heterocycles. The molecule has 1 aliphatic rings. The molecule has 0 N–H and O–H groups in total. The van der Waals surface area contributed by atoms with Gasteiger partial charge in [-0.25, -0.2) is 59.8 Å². The summed E-state index contributed by atoms with van der Waals surface area (Å²) in [6.07, 6.45) is 12.2. The molecule has 0 unspecified atom stereocenters. The largest absolute Gasteiger partial charge is 0.457 e. The lowest BCUT2D eigenvalue weighted by Gasteiger charge is -2.42. The fourth-order valence-corrected chi connectivity index (χ4v) is 10.0. The summed E-state index contributed by atoms with van der Waals surface area (Å²) in [6, 6.07) is 63.8. The Morgan fingerprint density at radius 3 is 0.797 bits per heavy atom. The summed E-state index contributed by atoms with van der Waals surface area (Å²) >= 11 is 0. The van der Waals surface area contributed by atoms with Gasteiger partial charge in [0, 0.05) is 33.4 Å². The number of hydrogen-bond acceptors (Lipinski definition) is 13. The highest BCUT2D eigenvalue weighted by atomic mass is 16.5. The summed E-state index contributed by atoms with van der Waals surface area (Å²) in [6.45, 7) is 0. The van der Waals surface area contributed by atoms with E-state index in [9.17, 15) is 0 Å². The van der Waals surface area contributed by atoms with E-state index in [1.165, 1.54) is 50.6 Å². The molecule has 348 valence electrons. The molecule has 0 aliphatic carbocycles. The third kappa shape index (κ3) is 8.05. The van der Waals surface area contributed by atoms with Crippen molar-refractivity contribution in [2.45, 2.75) is 5.41 Å². The summed E-state index contributed by atoms with van der Waals surface area (Å²) < 4.78 is 6.92. The van der Waals surface area contributed by atoms with Gasteiger partial charge in [-0.15, -0.1) is 0 Å². The second-order valence-electron chi connectivity index (χ2n) is 17.6. The van der Waals surface area contributed by atoms with Gasteiger partial charge in [0.05, 0.1) is 5.41 Å². The zero-order valence-electron chi connectivity index (χ0n) is 39.2. The van der Waals surface area contributed by atoms with Gasteiger partial charge in [-0.2, -0.15) is 0 Å². The average Bonchev–Trinajstić information content (AvgIpc) is 3.49. The number of fused-ring (bicyclic) bond motifs is 2. The molecule has 8 aromatic carbocycles. The van der Waals surface area contributed by atoms with E-state index in [-0.39, 0.29) is 0 Å². The van der Waals surface area contributed by atoms with Crippen LogP contribution in [0.4, 0.5) is 0 Å². The highest BCUT2D eigenvalue weighted by molar-refractivity contribution is 5.84. The van der Waals surface area contributed by atoms with Gasteiger partial charge in [0.2, 0.25) is 0 Å². The normalized spacial score (nSPS) is 12.3. The summed E-state index contributed by atoms with van der Waals surface area (Å²) in [5.41, 5.74) is 14.2. The summed E-state index contributed by atoms with van der Waals surface area (Å²) in [5.74, 6) is 3.80. The Morgan fingerprint density at radius 2 is 0.500 bits per heavy atom. The van der Waals surface area contributed by atoms with Crippen LogP contribution in [-0.2, 0) is 5.41 Å². The van der Waals surface area contributed by atoms with E-state index in [4.69, 9.17) is 4.74 Å². The molecular formula is C61H38N12O. The topological polar surface area (TPSA) is 164 Å². The maximum Gasteiger partial charge on any atom is 0.162 e. The number of ether oxygens (including phenoxy) is 1. The molecule has 0 atom stereocenters. The van der Waals surface area contributed by atoms with E-state index < -0.39 is 5.41 Å². The van der Waals surface area contributed by atoms with Gasteiger partial charge in [0.15, 0.2) is 23.3 Å². The first kappa shape index (κ1) is 43.6. The quantitative estimate of drug-likeness (QED) is 0.127. The van der Waals surface area contributed by atoms with Gasteiger partial charge in [-0.1, -0.05) is 109 Å². The standard InChI is InChI=1S/C61H38N12O/c1-3-19-55-53(17-1)61(54-18-2-4-20-56(54)74-55,51-27-47(39-9-5-13-43(21-39)57-66-31-62-32-67-57)25-48(28-51)40-10-6-14-44(22-40)58-68-33-63-34-69-58)52-29-49(41-11-7-15-45(23-41)59-70-35-64-36-71-59)26-50(30-52)42-12-8-16-46(24-42)60-72-37-65-38-73-60/h1-38H. The predicted molar refractivity (Wildman–Crippen MR) is 282 cm³/mol. The SMILES string of the molecule is c1cc(-c2cc(-c3cccc(-c4ncncn4)c3)cc(C3(c4cc(-c5cccc(-c6ncncn6)c5)cc(-c5cccc(-c6ncncn6)c5)c4)c4ccccc4Oc4ccccc43)c2)cc(-c2ncncn2)c1. The number of hydrogen-bond donors (Lipinski definition) is 0. The van der Waals surface area contributed by atoms with Gasteiger partial charge in [-0.3, -0.25) is 0 Å². The van der Waals surface area contributed by atoms with E-state index >= 15 is 0 Å². The fraction of sp³-hybridized carbons (Fsp3) is 0.0164. The monoisotopic (exact) mass is 954 g/mol. The average molecular weight is 955 g/mol. The van der Waals surface area contributed by atoms with Crippen LogP contribution in [0.25, 0.3) is 90.1 Å².